The number of rotatable bonds is 2. The summed E-state index contributed by atoms with van der Waals surface area (Å²) in [6.45, 7) is 4.46. The molecule has 88 valence electrons. The van der Waals surface area contributed by atoms with Gasteiger partial charge in [0, 0.05) is 19.3 Å². The number of halogens is 1. The zero-order chi connectivity index (χ0) is 11.5. The molecule has 16 heavy (non-hydrogen) atoms. The van der Waals surface area contributed by atoms with Crippen molar-refractivity contribution < 1.29 is 9.53 Å². The van der Waals surface area contributed by atoms with Crippen molar-refractivity contribution in [3.63, 3.8) is 0 Å². The molecule has 0 saturated carbocycles. The van der Waals surface area contributed by atoms with Crippen molar-refractivity contribution in [2.75, 3.05) is 26.3 Å². The molecule has 1 atom stereocenters. The number of ether oxygens (including phenoxy) is 1. The van der Waals surface area contributed by atoms with Crippen molar-refractivity contribution in [1.82, 2.24) is 14.7 Å². The number of morpholine rings is 1. The normalized spacial score (nSPS) is 18.5. The Morgan fingerprint density at radius 2 is 2.25 bits per heavy atom. The Kier molecular flexibility index (Phi) is 3.60. The number of nitrogens with zero attached hydrogens (tertiary/aromatic N) is 3. The first-order chi connectivity index (χ1) is 7.68. The van der Waals surface area contributed by atoms with Gasteiger partial charge in [0.15, 0.2) is 0 Å². The molecule has 1 saturated heterocycles. The van der Waals surface area contributed by atoms with Crippen LogP contribution in [0.1, 0.15) is 13.0 Å². The van der Waals surface area contributed by atoms with Crippen LogP contribution in [0.15, 0.2) is 16.9 Å². The molecule has 0 N–H and O–H groups in total. The molecule has 0 bridgehead atoms. The molecule has 2 heterocycles. The maximum absolute atomic E-state index is 12.1. The van der Waals surface area contributed by atoms with E-state index in [1.165, 1.54) is 0 Å². The molecule has 0 radical (unpaired) electrons. The van der Waals surface area contributed by atoms with Gasteiger partial charge < -0.3 is 9.64 Å². The first-order valence-electron chi connectivity index (χ1n) is 5.24. The average Bonchev–Trinajstić information content (AvgIpc) is 2.75. The number of hydrogen-bond donors (Lipinski definition) is 0. The lowest BCUT2D eigenvalue weighted by Gasteiger charge is -2.29. The molecule has 0 aromatic carbocycles. The Balaban J connectivity index is 2.03. The van der Waals surface area contributed by atoms with Crippen molar-refractivity contribution in [1.29, 1.82) is 0 Å². The van der Waals surface area contributed by atoms with E-state index in [1.807, 2.05) is 18.0 Å². The highest BCUT2D eigenvalue weighted by molar-refractivity contribution is 9.10. The summed E-state index contributed by atoms with van der Waals surface area (Å²) in [5.74, 6) is 0.0962. The highest BCUT2D eigenvalue weighted by Gasteiger charge is 2.23. The van der Waals surface area contributed by atoms with Crippen molar-refractivity contribution in [3.8, 4) is 0 Å². The lowest BCUT2D eigenvalue weighted by atomic mass is 10.2. The summed E-state index contributed by atoms with van der Waals surface area (Å²) in [7, 11) is 0. The number of aromatic nitrogens is 2. The number of carbonyl (C=O) groups is 1. The molecule has 2 rings (SSSR count). The van der Waals surface area contributed by atoms with Crippen LogP contribution in [0.5, 0.6) is 0 Å². The van der Waals surface area contributed by atoms with E-state index in [0.29, 0.717) is 26.3 Å². The van der Waals surface area contributed by atoms with Crippen LogP contribution in [0.4, 0.5) is 0 Å². The van der Waals surface area contributed by atoms with Crippen LogP contribution in [0.25, 0.3) is 0 Å². The van der Waals surface area contributed by atoms with Gasteiger partial charge in [0.2, 0.25) is 5.91 Å². The zero-order valence-electron chi connectivity index (χ0n) is 9.10. The van der Waals surface area contributed by atoms with Gasteiger partial charge in [-0.25, -0.2) is 0 Å². The van der Waals surface area contributed by atoms with Crippen molar-refractivity contribution in [3.05, 3.63) is 16.9 Å². The number of carbonyl (C=O) groups excluding carboxylic acids is 1. The van der Waals surface area contributed by atoms with Crippen LogP contribution in [-0.4, -0.2) is 46.9 Å². The van der Waals surface area contributed by atoms with E-state index >= 15 is 0 Å². The fraction of sp³-hybridized carbons (Fsp3) is 0.600. The SMILES string of the molecule is C[C@H](C(=O)N1CCOCC1)n1cc(Br)cn1. The monoisotopic (exact) mass is 287 g/mol. The summed E-state index contributed by atoms with van der Waals surface area (Å²) in [4.78, 5) is 13.9. The summed E-state index contributed by atoms with van der Waals surface area (Å²) in [6.07, 6.45) is 3.49. The van der Waals surface area contributed by atoms with Gasteiger partial charge in [0.05, 0.1) is 23.9 Å². The minimum atomic E-state index is -0.260. The molecular weight excluding hydrogens is 274 g/mol. The van der Waals surface area contributed by atoms with Gasteiger partial charge in [-0.15, -0.1) is 0 Å². The van der Waals surface area contributed by atoms with Crippen LogP contribution in [-0.2, 0) is 9.53 Å². The van der Waals surface area contributed by atoms with Crippen LogP contribution in [0.3, 0.4) is 0 Å². The number of amides is 1. The maximum atomic E-state index is 12.1. The lowest BCUT2D eigenvalue weighted by molar-refractivity contribution is -0.138. The van der Waals surface area contributed by atoms with Gasteiger partial charge in [-0.3, -0.25) is 9.48 Å². The third-order valence-corrected chi connectivity index (χ3v) is 3.06. The Morgan fingerprint density at radius 3 is 2.81 bits per heavy atom. The van der Waals surface area contributed by atoms with E-state index in [4.69, 9.17) is 4.74 Å². The molecule has 6 heteroatoms. The Hall–Kier alpha value is -0.880. The van der Waals surface area contributed by atoms with Crippen LogP contribution >= 0.6 is 15.9 Å². The highest BCUT2D eigenvalue weighted by atomic mass is 79.9. The van der Waals surface area contributed by atoms with Gasteiger partial charge in [-0.2, -0.15) is 5.10 Å². The molecule has 1 aromatic rings. The second-order valence-electron chi connectivity index (χ2n) is 3.75. The average molecular weight is 288 g/mol. The standard InChI is InChI=1S/C10H14BrN3O2/c1-8(14-7-9(11)6-12-14)10(15)13-2-4-16-5-3-13/h6-8H,2-5H2,1H3/t8-/m1/s1. The van der Waals surface area contributed by atoms with E-state index in [9.17, 15) is 4.79 Å². The Morgan fingerprint density at radius 1 is 1.56 bits per heavy atom. The van der Waals surface area contributed by atoms with E-state index in [-0.39, 0.29) is 11.9 Å². The smallest absolute Gasteiger partial charge is 0.247 e. The van der Waals surface area contributed by atoms with Crippen molar-refractivity contribution in [2.45, 2.75) is 13.0 Å². The number of hydrogen-bond acceptors (Lipinski definition) is 3. The van der Waals surface area contributed by atoms with Gasteiger partial charge in [0.25, 0.3) is 0 Å². The fourth-order valence-corrected chi connectivity index (χ4v) is 1.99. The van der Waals surface area contributed by atoms with Gasteiger partial charge >= 0.3 is 0 Å². The maximum Gasteiger partial charge on any atom is 0.247 e. The molecule has 0 spiro atoms. The zero-order valence-corrected chi connectivity index (χ0v) is 10.7. The predicted molar refractivity (Wildman–Crippen MR) is 62.0 cm³/mol. The third kappa shape index (κ3) is 2.44. The van der Waals surface area contributed by atoms with E-state index in [1.54, 1.807) is 10.9 Å². The van der Waals surface area contributed by atoms with Gasteiger partial charge in [-0.1, -0.05) is 0 Å². The second-order valence-corrected chi connectivity index (χ2v) is 4.67. The quantitative estimate of drug-likeness (QED) is 0.817. The fourth-order valence-electron chi connectivity index (χ4n) is 1.69. The van der Waals surface area contributed by atoms with E-state index < -0.39 is 0 Å². The highest BCUT2D eigenvalue weighted by Crippen LogP contribution is 2.14. The molecule has 1 amide bonds. The summed E-state index contributed by atoms with van der Waals surface area (Å²) in [5, 5.41) is 4.12. The molecule has 0 unspecified atom stereocenters. The van der Waals surface area contributed by atoms with Crippen LogP contribution < -0.4 is 0 Å². The molecule has 0 aliphatic carbocycles. The van der Waals surface area contributed by atoms with Crippen LogP contribution in [0, 0.1) is 0 Å². The van der Waals surface area contributed by atoms with Gasteiger partial charge in [0.1, 0.15) is 6.04 Å². The van der Waals surface area contributed by atoms with E-state index in [2.05, 4.69) is 21.0 Å². The molecule has 1 aromatic heterocycles. The van der Waals surface area contributed by atoms with Gasteiger partial charge in [-0.05, 0) is 22.9 Å². The molecule has 1 fully saturated rings. The largest absolute Gasteiger partial charge is 0.378 e. The lowest BCUT2D eigenvalue weighted by Crippen LogP contribution is -2.43. The summed E-state index contributed by atoms with van der Waals surface area (Å²) < 4.78 is 7.77. The van der Waals surface area contributed by atoms with Crippen molar-refractivity contribution >= 4 is 21.8 Å². The second kappa shape index (κ2) is 4.97. The summed E-state index contributed by atoms with van der Waals surface area (Å²) in [5.41, 5.74) is 0. The Labute approximate surface area is 102 Å². The van der Waals surface area contributed by atoms with Crippen molar-refractivity contribution in [2.24, 2.45) is 0 Å². The third-order valence-electron chi connectivity index (χ3n) is 2.65. The molecule has 5 nitrogen and oxygen atoms in total. The topological polar surface area (TPSA) is 47.4 Å². The minimum absolute atomic E-state index is 0.0962. The summed E-state index contributed by atoms with van der Waals surface area (Å²) in [6, 6.07) is -0.260. The molecular formula is C10H14BrN3O2. The van der Waals surface area contributed by atoms with Crippen LogP contribution in [0.2, 0.25) is 0 Å². The predicted octanol–water partition coefficient (Wildman–Crippen LogP) is 1.07. The first-order valence-corrected chi connectivity index (χ1v) is 6.04. The minimum Gasteiger partial charge on any atom is -0.378 e. The molecule has 1 aliphatic heterocycles. The van der Waals surface area contributed by atoms with E-state index in [0.717, 1.165) is 4.47 Å². The summed E-state index contributed by atoms with van der Waals surface area (Å²) >= 11 is 3.32. The first kappa shape index (κ1) is 11.6. The molecule has 1 aliphatic rings. The Bertz CT molecular complexity index is 374.